The number of carboxylic acids is 2. The number of hydrogen-bond acceptors (Lipinski definition) is 13. The van der Waals surface area contributed by atoms with Crippen LogP contribution in [-0.4, -0.2) is 119 Å². The van der Waals surface area contributed by atoms with Crippen molar-refractivity contribution in [1.82, 2.24) is 30.0 Å². The Morgan fingerprint density at radius 2 is 0.851 bits per heavy atom. The summed E-state index contributed by atoms with van der Waals surface area (Å²) >= 11 is 0. The maximum absolute atomic E-state index is 12.4. The van der Waals surface area contributed by atoms with E-state index in [-0.39, 0.29) is 35.8 Å². The average molecular weight is 981 g/mol. The van der Waals surface area contributed by atoms with Crippen LogP contribution in [0.3, 0.4) is 0 Å². The molecule has 384 valence electrons. The molecule has 2 N–H and O–H groups in total. The van der Waals surface area contributed by atoms with Crippen molar-refractivity contribution < 1.29 is 52.5 Å². The van der Waals surface area contributed by atoms with Crippen LogP contribution in [0, 0.1) is 0 Å². The summed E-state index contributed by atoms with van der Waals surface area (Å²) in [6, 6.07) is 0. The molecule has 0 aliphatic carbocycles. The second-order valence-electron chi connectivity index (χ2n) is 21.1. The number of ether oxygens (including phenoxy) is 3. The molecule has 0 aromatic carbocycles. The minimum atomic E-state index is -2.21. The van der Waals surface area contributed by atoms with Gasteiger partial charge in [0, 0.05) is 12.4 Å². The SMILES string of the molecule is CC(C)(C)[Si](C)(C)OC(CC(=O)O)CC(=O)OCCCCCCCCCc1cn(CCOCCn2cc(CCCCCCCCCOC(=O)CC(CC(=O)O)O[Si](C)(C)C(C)(C)C)nn2)nn1. The van der Waals surface area contributed by atoms with Gasteiger partial charge in [0.25, 0.3) is 0 Å². The highest BCUT2D eigenvalue weighted by atomic mass is 28.4. The molecule has 0 spiro atoms. The Morgan fingerprint density at radius 1 is 0.522 bits per heavy atom. The number of aromatic nitrogens is 6. The van der Waals surface area contributed by atoms with Crippen LogP contribution < -0.4 is 0 Å². The highest BCUT2D eigenvalue weighted by Gasteiger charge is 2.41. The van der Waals surface area contributed by atoms with E-state index in [1.807, 2.05) is 21.8 Å². The molecule has 2 atom stereocenters. The second-order valence-corrected chi connectivity index (χ2v) is 30.6. The summed E-state index contributed by atoms with van der Waals surface area (Å²) in [5.74, 6) is -2.75. The number of aryl methyl sites for hydroxylation is 2. The molecule has 2 heterocycles. The molecule has 2 aromatic heterocycles. The van der Waals surface area contributed by atoms with Gasteiger partial charge in [-0.1, -0.05) is 116 Å². The number of carbonyl (C=O) groups is 4. The predicted octanol–water partition coefficient (Wildman–Crippen LogP) is 9.73. The summed E-state index contributed by atoms with van der Waals surface area (Å²) in [7, 11) is -4.43. The van der Waals surface area contributed by atoms with E-state index in [1.165, 1.54) is 0 Å². The van der Waals surface area contributed by atoms with Gasteiger partial charge in [-0.05, 0) is 74.8 Å². The van der Waals surface area contributed by atoms with E-state index in [1.54, 1.807) is 0 Å². The molecule has 0 amide bonds. The monoisotopic (exact) mass is 981 g/mol. The molecule has 0 aliphatic rings. The van der Waals surface area contributed by atoms with Gasteiger partial charge in [-0.25, -0.2) is 9.36 Å². The molecule has 17 nitrogen and oxygen atoms in total. The number of carboxylic acid groups (broad SMARTS) is 2. The van der Waals surface area contributed by atoms with Gasteiger partial charge in [-0.3, -0.25) is 19.2 Å². The molecule has 2 rings (SSSR count). The molecule has 0 saturated carbocycles. The van der Waals surface area contributed by atoms with Gasteiger partial charge >= 0.3 is 23.9 Å². The van der Waals surface area contributed by atoms with E-state index < -0.39 is 52.7 Å². The molecule has 2 unspecified atom stereocenters. The molecular formula is C48H88N6O11Si2. The number of nitrogens with zero attached hydrogens (tertiary/aromatic N) is 6. The van der Waals surface area contributed by atoms with E-state index >= 15 is 0 Å². The van der Waals surface area contributed by atoms with E-state index in [4.69, 9.17) is 23.1 Å². The van der Waals surface area contributed by atoms with Crippen molar-refractivity contribution in [2.75, 3.05) is 26.4 Å². The molecule has 67 heavy (non-hydrogen) atoms. The Morgan fingerprint density at radius 3 is 1.18 bits per heavy atom. The third-order valence-electron chi connectivity index (χ3n) is 12.9. The Hall–Kier alpha value is -3.53. The van der Waals surface area contributed by atoms with Crippen LogP contribution in [-0.2, 0) is 68.2 Å². The summed E-state index contributed by atoms with van der Waals surface area (Å²) in [6.45, 7) is 23.8. The second kappa shape index (κ2) is 30.9. The van der Waals surface area contributed by atoms with Crippen molar-refractivity contribution in [2.45, 2.75) is 232 Å². The minimum absolute atomic E-state index is 0.0373. The smallest absolute Gasteiger partial charge is 0.308 e. The van der Waals surface area contributed by atoms with Gasteiger partial charge in [-0.15, -0.1) is 10.2 Å². The molecule has 0 saturated heterocycles. The number of esters is 2. The quantitative estimate of drug-likeness (QED) is 0.0364. The van der Waals surface area contributed by atoms with Crippen LogP contribution in [0.1, 0.15) is 169 Å². The summed E-state index contributed by atoms with van der Waals surface area (Å²) in [4.78, 5) is 47.6. The first-order chi connectivity index (χ1) is 31.5. The fourth-order valence-electron chi connectivity index (χ4n) is 6.88. The van der Waals surface area contributed by atoms with E-state index in [0.29, 0.717) is 39.5 Å². The Bertz CT molecular complexity index is 1600. The zero-order valence-corrected chi connectivity index (χ0v) is 44.9. The van der Waals surface area contributed by atoms with Gasteiger partial charge in [0.15, 0.2) is 16.6 Å². The van der Waals surface area contributed by atoms with Crippen LogP contribution in [0.4, 0.5) is 0 Å². The van der Waals surface area contributed by atoms with Crippen molar-refractivity contribution in [3.63, 3.8) is 0 Å². The fourth-order valence-corrected chi connectivity index (χ4v) is 9.58. The number of aliphatic carboxylic acids is 2. The van der Waals surface area contributed by atoms with E-state index in [9.17, 15) is 29.4 Å². The fraction of sp³-hybridized carbons (Fsp3) is 0.833. The van der Waals surface area contributed by atoms with Crippen molar-refractivity contribution in [2.24, 2.45) is 0 Å². The van der Waals surface area contributed by atoms with Crippen LogP contribution in [0.5, 0.6) is 0 Å². The average Bonchev–Trinajstić information content (AvgIpc) is 3.86. The summed E-state index contributed by atoms with van der Waals surface area (Å²) in [5.41, 5.74) is 1.98. The van der Waals surface area contributed by atoms with Crippen LogP contribution in [0.2, 0.25) is 36.3 Å². The van der Waals surface area contributed by atoms with Gasteiger partial charge < -0.3 is 33.3 Å². The lowest BCUT2D eigenvalue weighted by atomic mass is 10.1. The highest BCUT2D eigenvalue weighted by Crippen LogP contribution is 2.39. The first-order valence-corrected chi connectivity index (χ1v) is 30.8. The molecule has 0 radical (unpaired) electrons. The largest absolute Gasteiger partial charge is 0.481 e. The maximum atomic E-state index is 12.4. The zero-order chi connectivity index (χ0) is 49.9. The third kappa shape index (κ3) is 26.7. The zero-order valence-electron chi connectivity index (χ0n) is 42.9. The van der Waals surface area contributed by atoms with Gasteiger partial charge in [0.05, 0.1) is 88.8 Å². The lowest BCUT2D eigenvalue weighted by Crippen LogP contribution is -2.45. The van der Waals surface area contributed by atoms with Crippen LogP contribution >= 0.6 is 0 Å². The van der Waals surface area contributed by atoms with E-state index in [2.05, 4.69) is 88.4 Å². The molecule has 0 fully saturated rings. The number of unbranched alkanes of at least 4 members (excludes halogenated alkanes) is 12. The van der Waals surface area contributed by atoms with Crippen molar-refractivity contribution in [1.29, 1.82) is 0 Å². The molecule has 0 bridgehead atoms. The van der Waals surface area contributed by atoms with Crippen molar-refractivity contribution in [3.8, 4) is 0 Å². The Kier molecular flexibility index (Phi) is 27.4. The number of rotatable bonds is 38. The minimum Gasteiger partial charge on any atom is -0.481 e. The standard InChI is InChI=1S/C48H88N6O11Si2/c1-47(2,3)66(7,8)64-41(33-43(55)56)35-45(59)62-29-23-19-15-11-13-17-21-25-39-37-53(51-49-39)27-31-61-32-28-54-38-40(50-52-54)26-22-18-14-12-16-20-24-30-63-46(60)36-42(34-44(57)58)65-67(9,10)48(4,5)6/h37-38,41-42H,11-36H2,1-10H3,(H,55,56)(H,57,58). The Labute approximate surface area is 403 Å². The van der Waals surface area contributed by atoms with Crippen molar-refractivity contribution in [3.05, 3.63) is 23.8 Å². The van der Waals surface area contributed by atoms with Crippen LogP contribution in [0.15, 0.2) is 12.4 Å². The lowest BCUT2D eigenvalue weighted by molar-refractivity contribution is -0.148. The van der Waals surface area contributed by atoms with Crippen molar-refractivity contribution >= 4 is 40.5 Å². The number of hydrogen-bond donors (Lipinski definition) is 2. The highest BCUT2D eigenvalue weighted by molar-refractivity contribution is 6.74. The van der Waals surface area contributed by atoms with Gasteiger partial charge in [0.2, 0.25) is 0 Å². The maximum Gasteiger partial charge on any atom is 0.308 e. The van der Waals surface area contributed by atoms with Crippen LogP contribution in [0.25, 0.3) is 0 Å². The summed E-state index contributed by atoms with van der Waals surface area (Å²) in [5, 5.41) is 35.6. The first-order valence-electron chi connectivity index (χ1n) is 24.9. The Balaban J connectivity index is 1.44. The number of carbonyl (C=O) groups excluding carboxylic acids is 2. The van der Waals surface area contributed by atoms with Gasteiger partial charge in [-0.2, -0.15) is 0 Å². The normalized spacial score (nSPS) is 13.4. The predicted molar refractivity (Wildman–Crippen MR) is 263 cm³/mol. The molecule has 19 heteroatoms. The topological polar surface area (TPSA) is 216 Å². The molecule has 2 aromatic rings. The first kappa shape index (κ1) is 59.6. The molecule has 0 aliphatic heterocycles. The lowest BCUT2D eigenvalue weighted by Gasteiger charge is -2.38. The third-order valence-corrected chi connectivity index (χ3v) is 22.0. The van der Waals surface area contributed by atoms with E-state index in [0.717, 1.165) is 114 Å². The summed E-state index contributed by atoms with van der Waals surface area (Å²) in [6.07, 6.45) is 18.5. The molecular weight excluding hydrogens is 893 g/mol. The summed E-state index contributed by atoms with van der Waals surface area (Å²) < 4.78 is 32.7. The van der Waals surface area contributed by atoms with Gasteiger partial charge in [0.1, 0.15) is 0 Å².